The van der Waals surface area contributed by atoms with Gasteiger partial charge in [0, 0.05) is 18.5 Å². The van der Waals surface area contributed by atoms with Crippen LogP contribution in [-0.4, -0.2) is 41.4 Å². The largest absolute Gasteiger partial charge is 0.390 e. The van der Waals surface area contributed by atoms with Crippen molar-refractivity contribution in [3.05, 3.63) is 48.3 Å². The van der Waals surface area contributed by atoms with Gasteiger partial charge in [-0.3, -0.25) is 0 Å². The first-order valence-electron chi connectivity index (χ1n) is 7.95. The summed E-state index contributed by atoms with van der Waals surface area (Å²) >= 11 is 0. The molecule has 1 atom stereocenters. The molecule has 1 N–H and O–H groups in total. The van der Waals surface area contributed by atoms with Crippen molar-refractivity contribution in [2.45, 2.75) is 38.8 Å². The minimum absolute atomic E-state index is 0.166. The Kier molecular flexibility index (Phi) is 5.59. The zero-order valence-corrected chi connectivity index (χ0v) is 14.4. The Morgan fingerprint density at radius 1 is 1.46 bits per heavy atom. The van der Waals surface area contributed by atoms with Crippen LogP contribution in [0, 0.1) is 5.82 Å². The molecule has 5 nitrogen and oxygen atoms in total. The van der Waals surface area contributed by atoms with E-state index in [1.165, 1.54) is 12.1 Å². The van der Waals surface area contributed by atoms with Gasteiger partial charge in [-0.25, -0.2) is 9.18 Å². The maximum absolute atomic E-state index is 13.0. The summed E-state index contributed by atoms with van der Waals surface area (Å²) in [5, 5.41) is 7.01. The van der Waals surface area contributed by atoms with Gasteiger partial charge in [0.15, 0.2) is 6.10 Å². The highest BCUT2D eigenvalue weighted by molar-refractivity contribution is 6.01. The minimum Gasteiger partial charge on any atom is -0.390 e. The lowest BCUT2D eigenvalue weighted by Gasteiger charge is -2.28. The van der Waals surface area contributed by atoms with Crippen molar-refractivity contribution >= 4 is 11.7 Å². The molecule has 0 aromatic heterocycles. The van der Waals surface area contributed by atoms with E-state index in [-0.39, 0.29) is 23.5 Å². The maximum Gasteiger partial charge on any atom is 0.318 e. The van der Waals surface area contributed by atoms with Gasteiger partial charge in [-0.1, -0.05) is 23.4 Å². The number of nitrogens with one attached hydrogen (secondary N) is 1. The molecular formula is C18H24FN3O2. The second-order valence-electron chi connectivity index (χ2n) is 6.85. The normalized spacial score (nSPS) is 17.0. The Morgan fingerprint density at radius 3 is 2.71 bits per heavy atom. The van der Waals surface area contributed by atoms with E-state index < -0.39 is 0 Å². The third kappa shape index (κ3) is 5.08. The van der Waals surface area contributed by atoms with Gasteiger partial charge in [-0.2, -0.15) is 0 Å². The number of urea groups is 1. The first kappa shape index (κ1) is 18.0. The Balaban J connectivity index is 1.96. The molecule has 130 valence electrons. The van der Waals surface area contributed by atoms with Gasteiger partial charge in [-0.05, 0) is 38.5 Å². The van der Waals surface area contributed by atoms with Gasteiger partial charge in [0.25, 0.3) is 0 Å². The van der Waals surface area contributed by atoms with Crippen LogP contribution in [0.4, 0.5) is 9.18 Å². The average molecular weight is 333 g/mol. The molecule has 1 aromatic rings. The lowest BCUT2D eigenvalue weighted by atomic mass is 10.0. The zero-order chi connectivity index (χ0) is 17.7. The number of oxime groups is 1. The summed E-state index contributed by atoms with van der Waals surface area (Å²) in [6.45, 7) is 10.3. The van der Waals surface area contributed by atoms with Crippen molar-refractivity contribution in [2.24, 2.45) is 5.16 Å². The molecule has 0 radical (unpaired) electrons. The van der Waals surface area contributed by atoms with Crippen LogP contribution in [0.25, 0.3) is 0 Å². The van der Waals surface area contributed by atoms with Crippen LogP contribution in [0.5, 0.6) is 0 Å². The van der Waals surface area contributed by atoms with E-state index in [0.29, 0.717) is 19.5 Å². The van der Waals surface area contributed by atoms with Gasteiger partial charge < -0.3 is 15.1 Å². The molecule has 2 rings (SSSR count). The summed E-state index contributed by atoms with van der Waals surface area (Å²) in [5.41, 5.74) is 1.27. The fourth-order valence-corrected chi connectivity index (χ4v) is 2.38. The number of hydrogen-bond donors (Lipinski definition) is 1. The van der Waals surface area contributed by atoms with Crippen molar-refractivity contribution in [2.75, 3.05) is 13.1 Å². The number of amides is 2. The average Bonchev–Trinajstić information content (AvgIpc) is 2.94. The predicted molar refractivity (Wildman–Crippen MR) is 92.5 cm³/mol. The van der Waals surface area contributed by atoms with E-state index in [9.17, 15) is 9.18 Å². The summed E-state index contributed by atoms with van der Waals surface area (Å²) in [7, 11) is 0. The van der Waals surface area contributed by atoms with E-state index in [4.69, 9.17) is 4.84 Å². The van der Waals surface area contributed by atoms with Crippen LogP contribution >= 0.6 is 0 Å². The topological polar surface area (TPSA) is 53.9 Å². The third-order valence-corrected chi connectivity index (χ3v) is 3.45. The van der Waals surface area contributed by atoms with Gasteiger partial charge >= 0.3 is 6.03 Å². The minimum atomic E-state index is -0.317. The first-order valence-corrected chi connectivity index (χ1v) is 7.95. The highest BCUT2D eigenvalue weighted by Crippen LogP contribution is 2.18. The lowest BCUT2D eigenvalue weighted by Crippen LogP contribution is -2.50. The van der Waals surface area contributed by atoms with Crippen molar-refractivity contribution in [1.82, 2.24) is 10.2 Å². The Labute approximate surface area is 142 Å². The summed E-state index contributed by atoms with van der Waals surface area (Å²) in [6.07, 6.45) is 2.02. The summed E-state index contributed by atoms with van der Waals surface area (Å²) in [4.78, 5) is 19.4. The number of nitrogens with zero attached hydrogens (tertiary/aromatic N) is 2. The molecule has 6 heteroatoms. The summed E-state index contributed by atoms with van der Waals surface area (Å²) < 4.78 is 13.0. The maximum atomic E-state index is 13.0. The molecule has 0 saturated carbocycles. The molecule has 1 aliphatic rings. The van der Waals surface area contributed by atoms with Crippen molar-refractivity contribution in [3.63, 3.8) is 0 Å². The molecule has 2 amide bonds. The second-order valence-corrected chi connectivity index (χ2v) is 6.85. The number of carbonyl (C=O) groups is 1. The molecule has 0 fully saturated rings. The third-order valence-electron chi connectivity index (χ3n) is 3.45. The van der Waals surface area contributed by atoms with E-state index in [1.54, 1.807) is 23.1 Å². The predicted octanol–water partition coefficient (Wildman–Crippen LogP) is 3.31. The molecule has 1 heterocycles. The zero-order valence-electron chi connectivity index (χ0n) is 14.4. The summed E-state index contributed by atoms with van der Waals surface area (Å²) in [6, 6.07) is 5.97. The van der Waals surface area contributed by atoms with Crippen molar-refractivity contribution in [3.8, 4) is 0 Å². The molecule has 0 spiro atoms. The number of halogens is 1. The standard InChI is InChI=1S/C18H24FN3O2/c1-5-10-22(17(23)20-18(2,3)4)12-15-11-16(21-24-15)13-6-8-14(19)9-7-13/h5-9,15H,1,10-12H2,2-4H3,(H,20,23)/t15-/m1/s1. The van der Waals surface area contributed by atoms with Gasteiger partial charge in [0.05, 0.1) is 12.3 Å². The number of benzene rings is 1. The van der Waals surface area contributed by atoms with Crippen molar-refractivity contribution in [1.29, 1.82) is 0 Å². The molecule has 0 aliphatic carbocycles. The van der Waals surface area contributed by atoms with Gasteiger partial charge in [0.2, 0.25) is 0 Å². The molecule has 0 unspecified atom stereocenters. The van der Waals surface area contributed by atoms with E-state index in [1.807, 2.05) is 20.8 Å². The number of hydrogen-bond acceptors (Lipinski definition) is 3. The van der Waals surface area contributed by atoms with Gasteiger partial charge in [0.1, 0.15) is 5.82 Å². The molecular weight excluding hydrogens is 309 g/mol. The van der Waals surface area contributed by atoms with Crippen LogP contribution in [-0.2, 0) is 4.84 Å². The van der Waals surface area contributed by atoms with E-state index in [2.05, 4.69) is 17.1 Å². The Hall–Kier alpha value is -2.37. The molecule has 1 aromatic carbocycles. The molecule has 0 saturated heterocycles. The number of carbonyl (C=O) groups excluding carboxylic acids is 1. The van der Waals surface area contributed by atoms with Crippen LogP contribution in [0.2, 0.25) is 0 Å². The van der Waals surface area contributed by atoms with Crippen LogP contribution in [0.15, 0.2) is 42.1 Å². The smallest absolute Gasteiger partial charge is 0.318 e. The highest BCUT2D eigenvalue weighted by atomic mass is 19.1. The van der Waals surface area contributed by atoms with Gasteiger partial charge in [-0.15, -0.1) is 6.58 Å². The summed E-state index contributed by atoms with van der Waals surface area (Å²) in [5.74, 6) is -0.286. The van der Waals surface area contributed by atoms with E-state index >= 15 is 0 Å². The fraction of sp³-hybridized carbons (Fsp3) is 0.444. The molecule has 0 bridgehead atoms. The van der Waals surface area contributed by atoms with E-state index in [0.717, 1.165) is 11.3 Å². The monoisotopic (exact) mass is 333 g/mol. The van der Waals surface area contributed by atoms with Crippen LogP contribution < -0.4 is 5.32 Å². The number of rotatable bonds is 5. The van der Waals surface area contributed by atoms with Crippen LogP contribution in [0.1, 0.15) is 32.8 Å². The lowest BCUT2D eigenvalue weighted by molar-refractivity contribution is 0.0621. The van der Waals surface area contributed by atoms with Crippen LogP contribution in [0.3, 0.4) is 0 Å². The Bertz CT molecular complexity index is 620. The first-order chi connectivity index (χ1) is 11.3. The second kappa shape index (κ2) is 7.47. The Morgan fingerprint density at radius 2 is 2.12 bits per heavy atom. The molecule has 24 heavy (non-hydrogen) atoms. The van der Waals surface area contributed by atoms with Crippen molar-refractivity contribution < 1.29 is 14.0 Å². The molecule has 1 aliphatic heterocycles. The fourth-order valence-electron chi connectivity index (χ4n) is 2.38. The quantitative estimate of drug-likeness (QED) is 0.841. The SMILES string of the molecule is C=CCN(C[C@H]1CC(c2ccc(F)cc2)=NO1)C(=O)NC(C)(C)C. The highest BCUT2D eigenvalue weighted by Gasteiger charge is 2.27.